The molecule has 14 heteroatoms. The summed E-state index contributed by atoms with van der Waals surface area (Å²) in [6.45, 7) is 4.42. The van der Waals surface area contributed by atoms with E-state index in [9.17, 15) is 26.4 Å². The largest absolute Gasteiger partial charge is 0.352 e. The van der Waals surface area contributed by atoms with E-state index in [-0.39, 0.29) is 23.9 Å². The van der Waals surface area contributed by atoms with E-state index in [1.165, 1.54) is 23.5 Å². The van der Waals surface area contributed by atoms with Crippen LogP contribution in [0.1, 0.15) is 0 Å². The molecule has 1 saturated heterocycles. The van der Waals surface area contributed by atoms with E-state index in [2.05, 4.69) is 26.3 Å². The molecule has 0 radical (unpaired) electrons. The van der Waals surface area contributed by atoms with Crippen LogP contribution in [0.15, 0.2) is 72.3 Å². The van der Waals surface area contributed by atoms with Crippen molar-refractivity contribution in [3.8, 4) is 11.1 Å². The van der Waals surface area contributed by atoms with Crippen molar-refractivity contribution >= 4 is 49.9 Å². The van der Waals surface area contributed by atoms with Crippen LogP contribution in [0.2, 0.25) is 5.15 Å². The molecule has 2 aromatic heterocycles. The number of piperazine rings is 1. The van der Waals surface area contributed by atoms with Gasteiger partial charge in [-0.05, 0) is 35.9 Å². The molecule has 1 N–H and O–H groups in total. The maximum Gasteiger partial charge on any atom is 0.282 e. The Balaban J connectivity index is 1.46. The Bertz CT molecular complexity index is 1740. The van der Waals surface area contributed by atoms with Crippen molar-refractivity contribution in [3.63, 3.8) is 0 Å². The number of sulfonamides is 1. The summed E-state index contributed by atoms with van der Waals surface area (Å²) in [6.07, 6.45) is 2.83. The third kappa shape index (κ3) is 5.29. The summed E-state index contributed by atoms with van der Waals surface area (Å²) >= 11 is 6.12. The second kappa shape index (κ2) is 10.7. The number of fused-ring (bicyclic) bond motifs is 1. The molecule has 2 aromatic carbocycles. The Labute approximate surface area is 232 Å². The van der Waals surface area contributed by atoms with Crippen LogP contribution in [-0.2, 0) is 14.8 Å². The zero-order valence-corrected chi connectivity index (χ0v) is 22.2. The minimum absolute atomic E-state index is 0.179. The van der Waals surface area contributed by atoms with E-state index >= 15 is 0 Å². The van der Waals surface area contributed by atoms with Gasteiger partial charge in [0, 0.05) is 43.3 Å². The standard InChI is InChI=1S/C26H20ClF3N6O3S/c1-15(28)26(37)36-9-7-35(8-10-36)25-18-11-16(5-6-21(18)32-14-33-25)17-12-22(24(27)31-13-17)34-40(38,39)23-19(29)3-2-4-20(23)30/h2-6,11-14,34H,1,7-10H2. The van der Waals surface area contributed by atoms with Gasteiger partial charge in [-0.2, -0.15) is 0 Å². The Morgan fingerprint density at radius 2 is 1.68 bits per heavy atom. The van der Waals surface area contributed by atoms with Crippen LogP contribution in [0.25, 0.3) is 22.0 Å². The average Bonchev–Trinajstić information content (AvgIpc) is 2.93. The van der Waals surface area contributed by atoms with Crippen LogP contribution >= 0.6 is 11.6 Å². The lowest BCUT2D eigenvalue weighted by Crippen LogP contribution is -2.49. The molecular weight excluding hydrogens is 569 g/mol. The summed E-state index contributed by atoms with van der Waals surface area (Å²) in [6, 6.07) is 9.38. The SMILES string of the molecule is C=C(F)C(=O)N1CCN(c2ncnc3ccc(-c4cnc(Cl)c(NS(=O)(=O)c5c(F)cccc5F)c4)cc23)CC1. The minimum atomic E-state index is -4.68. The van der Waals surface area contributed by atoms with Crippen molar-refractivity contribution in [2.75, 3.05) is 35.8 Å². The number of aromatic nitrogens is 3. The van der Waals surface area contributed by atoms with Crippen molar-refractivity contribution in [1.82, 2.24) is 19.9 Å². The summed E-state index contributed by atoms with van der Waals surface area (Å²) < 4.78 is 69.3. The zero-order valence-electron chi connectivity index (χ0n) is 20.6. The van der Waals surface area contributed by atoms with Gasteiger partial charge in [0.2, 0.25) is 0 Å². The van der Waals surface area contributed by atoms with Gasteiger partial charge < -0.3 is 9.80 Å². The molecule has 0 unspecified atom stereocenters. The predicted molar refractivity (Wildman–Crippen MR) is 144 cm³/mol. The molecule has 1 fully saturated rings. The number of nitrogens with one attached hydrogen (secondary N) is 1. The maximum atomic E-state index is 14.2. The Morgan fingerprint density at radius 3 is 2.35 bits per heavy atom. The van der Waals surface area contributed by atoms with Crippen molar-refractivity contribution in [2.45, 2.75) is 4.90 Å². The topological polar surface area (TPSA) is 108 Å². The van der Waals surface area contributed by atoms with Gasteiger partial charge in [-0.15, -0.1) is 0 Å². The molecule has 206 valence electrons. The number of pyridine rings is 1. The number of anilines is 2. The molecular formula is C26H20ClF3N6O3S. The number of rotatable bonds is 6. The molecule has 0 bridgehead atoms. The highest BCUT2D eigenvalue weighted by Crippen LogP contribution is 2.33. The quantitative estimate of drug-likeness (QED) is 0.260. The molecule has 40 heavy (non-hydrogen) atoms. The van der Waals surface area contributed by atoms with Crippen molar-refractivity contribution in [1.29, 1.82) is 0 Å². The van der Waals surface area contributed by atoms with E-state index in [4.69, 9.17) is 11.6 Å². The van der Waals surface area contributed by atoms with Crippen molar-refractivity contribution in [2.24, 2.45) is 0 Å². The molecule has 0 saturated carbocycles. The van der Waals surface area contributed by atoms with Gasteiger partial charge in [-0.25, -0.2) is 36.5 Å². The van der Waals surface area contributed by atoms with Gasteiger partial charge in [-0.1, -0.05) is 30.3 Å². The maximum absolute atomic E-state index is 14.2. The Kier molecular flexibility index (Phi) is 7.34. The lowest BCUT2D eigenvalue weighted by Gasteiger charge is -2.35. The fraction of sp³-hybridized carbons (Fsp3) is 0.154. The van der Waals surface area contributed by atoms with Crippen LogP contribution in [0.4, 0.5) is 24.7 Å². The third-order valence-electron chi connectivity index (χ3n) is 6.32. The van der Waals surface area contributed by atoms with E-state index in [1.807, 2.05) is 4.90 Å². The van der Waals surface area contributed by atoms with E-state index in [0.717, 1.165) is 18.2 Å². The number of amides is 1. The predicted octanol–water partition coefficient (Wildman–Crippen LogP) is 4.56. The number of nitrogens with zero attached hydrogens (tertiary/aromatic N) is 5. The second-order valence-corrected chi connectivity index (χ2v) is 10.8. The Hall–Kier alpha value is -4.23. The van der Waals surface area contributed by atoms with Gasteiger partial charge in [0.25, 0.3) is 15.9 Å². The number of halogens is 4. The van der Waals surface area contributed by atoms with Gasteiger partial charge in [0.05, 0.1) is 11.2 Å². The van der Waals surface area contributed by atoms with Gasteiger partial charge in [0.15, 0.2) is 15.9 Å². The lowest BCUT2D eigenvalue weighted by molar-refractivity contribution is -0.128. The number of benzene rings is 2. The van der Waals surface area contributed by atoms with Crippen LogP contribution in [0.3, 0.4) is 0 Å². The molecule has 1 aliphatic heterocycles. The first-order valence-electron chi connectivity index (χ1n) is 11.8. The minimum Gasteiger partial charge on any atom is -0.352 e. The van der Waals surface area contributed by atoms with E-state index < -0.39 is 38.3 Å². The summed E-state index contributed by atoms with van der Waals surface area (Å²) in [5.41, 5.74) is 1.50. The lowest BCUT2D eigenvalue weighted by atomic mass is 10.0. The van der Waals surface area contributed by atoms with Gasteiger partial charge in [-0.3, -0.25) is 9.52 Å². The fourth-order valence-corrected chi connectivity index (χ4v) is 5.78. The number of carbonyl (C=O) groups excluding carboxylic acids is 1. The second-order valence-electron chi connectivity index (χ2n) is 8.83. The van der Waals surface area contributed by atoms with Crippen LogP contribution in [0.5, 0.6) is 0 Å². The summed E-state index contributed by atoms with van der Waals surface area (Å²) in [4.78, 5) is 26.9. The highest BCUT2D eigenvalue weighted by Gasteiger charge is 2.26. The monoisotopic (exact) mass is 588 g/mol. The smallest absolute Gasteiger partial charge is 0.282 e. The van der Waals surface area contributed by atoms with Crippen LogP contribution < -0.4 is 9.62 Å². The summed E-state index contributed by atoms with van der Waals surface area (Å²) in [5.74, 6) is -3.67. The third-order valence-corrected chi connectivity index (χ3v) is 8.03. The highest BCUT2D eigenvalue weighted by molar-refractivity contribution is 7.92. The van der Waals surface area contributed by atoms with Crippen molar-refractivity contribution in [3.05, 3.63) is 84.2 Å². The van der Waals surface area contributed by atoms with Crippen LogP contribution in [-0.4, -0.2) is 60.4 Å². The normalized spacial score (nSPS) is 13.9. The van der Waals surface area contributed by atoms with E-state index in [0.29, 0.717) is 40.9 Å². The molecule has 1 aliphatic rings. The number of carbonyl (C=O) groups is 1. The first-order valence-corrected chi connectivity index (χ1v) is 13.7. The zero-order chi connectivity index (χ0) is 28.6. The Morgan fingerprint density at radius 1 is 0.975 bits per heavy atom. The average molecular weight is 589 g/mol. The molecule has 0 atom stereocenters. The first kappa shape index (κ1) is 27.3. The highest BCUT2D eigenvalue weighted by atomic mass is 35.5. The van der Waals surface area contributed by atoms with Gasteiger partial charge >= 0.3 is 0 Å². The number of hydrogen-bond donors (Lipinski definition) is 1. The van der Waals surface area contributed by atoms with E-state index in [1.54, 1.807) is 18.2 Å². The van der Waals surface area contributed by atoms with Gasteiger partial charge in [0.1, 0.15) is 23.8 Å². The summed E-state index contributed by atoms with van der Waals surface area (Å²) in [5, 5.41) is 0.442. The summed E-state index contributed by atoms with van der Waals surface area (Å²) in [7, 11) is -4.68. The number of hydrogen-bond acceptors (Lipinski definition) is 7. The molecule has 4 aromatic rings. The molecule has 1 amide bonds. The molecule has 0 spiro atoms. The molecule has 0 aliphatic carbocycles. The molecule has 9 nitrogen and oxygen atoms in total. The van der Waals surface area contributed by atoms with Crippen LogP contribution in [0, 0.1) is 11.6 Å². The molecule has 5 rings (SSSR count). The van der Waals surface area contributed by atoms with Crippen molar-refractivity contribution < 1.29 is 26.4 Å². The molecule has 3 heterocycles. The fourth-order valence-electron chi connectivity index (χ4n) is 4.38. The first-order chi connectivity index (χ1) is 19.0.